The standard InChI is InChI=1S/C10H11NS.C8H7NS.C4H10/c1-7(2)10-11-8-5-3-4-6-9(8)12-10;1-6-9-7-4-2-3-5-8(7)10-6;1-4(2)3/h3-7H,1-2H3;2-5H,1H3;4H,1-3H3. The number of fused-ring (bicyclic) bond motifs is 2. The molecule has 0 spiro atoms. The Morgan fingerprint density at radius 2 is 1.15 bits per heavy atom. The van der Waals surface area contributed by atoms with Crippen molar-refractivity contribution in [3.8, 4) is 0 Å². The summed E-state index contributed by atoms with van der Waals surface area (Å²) in [7, 11) is 0. The summed E-state index contributed by atoms with van der Waals surface area (Å²) in [6.07, 6.45) is 0. The van der Waals surface area contributed by atoms with Crippen molar-refractivity contribution >= 4 is 43.1 Å². The fourth-order valence-corrected chi connectivity index (χ4v) is 3.92. The van der Waals surface area contributed by atoms with Crippen LogP contribution in [-0.2, 0) is 0 Å². The van der Waals surface area contributed by atoms with E-state index in [0.29, 0.717) is 5.92 Å². The largest absolute Gasteiger partial charge is 0.242 e. The van der Waals surface area contributed by atoms with Crippen molar-refractivity contribution < 1.29 is 0 Å². The maximum absolute atomic E-state index is 4.53. The minimum atomic E-state index is 0.544. The minimum Gasteiger partial charge on any atom is -0.242 e. The van der Waals surface area contributed by atoms with Crippen molar-refractivity contribution in [3.05, 3.63) is 58.5 Å². The van der Waals surface area contributed by atoms with Gasteiger partial charge in [-0.1, -0.05) is 58.9 Å². The van der Waals surface area contributed by atoms with Crippen LogP contribution in [0.3, 0.4) is 0 Å². The average Bonchev–Trinajstić information content (AvgIpc) is 3.16. The summed E-state index contributed by atoms with van der Waals surface area (Å²) in [5.41, 5.74) is 2.25. The molecular formula is C22H28N2S2. The van der Waals surface area contributed by atoms with E-state index in [0.717, 1.165) is 22.0 Å². The van der Waals surface area contributed by atoms with Crippen LogP contribution < -0.4 is 0 Å². The van der Waals surface area contributed by atoms with Gasteiger partial charge in [-0.2, -0.15) is 0 Å². The molecular weight excluding hydrogens is 356 g/mol. The number of aromatic nitrogens is 2. The van der Waals surface area contributed by atoms with Crippen molar-refractivity contribution in [1.29, 1.82) is 0 Å². The molecule has 0 radical (unpaired) electrons. The van der Waals surface area contributed by atoms with Gasteiger partial charge in [0.1, 0.15) is 0 Å². The number of hydrogen-bond donors (Lipinski definition) is 0. The summed E-state index contributed by atoms with van der Waals surface area (Å²) in [5.74, 6) is 1.38. The van der Waals surface area contributed by atoms with E-state index in [2.05, 4.69) is 68.9 Å². The zero-order chi connectivity index (χ0) is 19.1. The molecule has 0 saturated heterocycles. The average molecular weight is 385 g/mol. The van der Waals surface area contributed by atoms with Crippen molar-refractivity contribution in [3.63, 3.8) is 0 Å². The molecule has 2 nitrogen and oxygen atoms in total. The van der Waals surface area contributed by atoms with Gasteiger partial charge in [-0.3, -0.25) is 0 Å². The van der Waals surface area contributed by atoms with Crippen molar-refractivity contribution in [1.82, 2.24) is 9.97 Å². The molecule has 0 aliphatic carbocycles. The SMILES string of the molecule is CC(C)C.CC(C)c1nc2ccccc2s1.Cc1nc2ccccc2s1. The Kier molecular flexibility index (Phi) is 7.73. The van der Waals surface area contributed by atoms with E-state index in [1.807, 2.05) is 31.2 Å². The predicted octanol–water partition coefficient (Wildman–Crippen LogP) is 7.69. The van der Waals surface area contributed by atoms with Crippen LogP contribution in [0.1, 0.15) is 50.6 Å². The molecule has 0 unspecified atom stereocenters. The first kappa shape index (κ1) is 20.5. The molecule has 138 valence electrons. The lowest BCUT2D eigenvalue weighted by molar-refractivity contribution is 0.737. The lowest BCUT2D eigenvalue weighted by atomic mass is 10.2. The van der Waals surface area contributed by atoms with E-state index < -0.39 is 0 Å². The van der Waals surface area contributed by atoms with Gasteiger partial charge in [0.15, 0.2) is 0 Å². The number of aryl methyl sites for hydroxylation is 1. The highest BCUT2D eigenvalue weighted by Gasteiger charge is 2.05. The molecule has 0 aliphatic rings. The third kappa shape index (κ3) is 6.19. The van der Waals surface area contributed by atoms with E-state index >= 15 is 0 Å². The molecule has 4 aromatic rings. The summed E-state index contributed by atoms with van der Waals surface area (Å²) in [4.78, 5) is 8.86. The van der Waals surface area contributed by atoms with Crippen molar-refractivity contribution in [2.24, 2.45) is 5.92 Å². The number of hydrogen-bond acceptors (Lipinski definition) is 4. The van der Waals surface area contributed by atoms with Gasteiger partial charge in [0, 0.05) is 5.92 Å². The molecule has 4 rings (SSSR count). The van der Waals surface area contributed by atoms with Crippen LogP contribution in [-0.4, -0.2) is 9.97 Å². The maximum atomic E-state index is 4.53. The normalized spacial score (nSPS) is 10.6. The second-order valence-corrected chi connectivity index (χ2v) is 9.40. The van der Waals surface area contributed by atoms with E-state index in [-0.39, 0.29) is 0 Å². The van der Waals surface area contributed by atoms with Gasteiger partial charge < -0.3 is 0 Å². The first-order valence-corrected chi connectivity index (χ1v) is 10.7. The number of nitrogens with zero attached hydrogens (tertiary/aromatic N) is 2. The molecule has 0 saturated carbocycles. The number of thiazole rings is 2. The first-order valence-electron chi connectivity index (χ1n) is 9.04. The Morgan fingerprint density at radius 1 is 0.692 bits per heavy atom. The molecule has 0 bridgehead atoms. The second-order valence-electron chi connectivity index (χ2n) is 7.11. The monoisotopic (exact) mass is 384 g/mol. The van der Waals surface area contributed by atoms with Gasteiger partial charge in [-0.15, -0.1) is 22.7 Å². The molecule has 4 heteroatoms. The van der Waals surface area contributed by atoms with Crippen LogP contribution in [0, 0.1) is 12.8 Å². The summed E-state index contributed by atoms with van der Waals surface area (Å²) >= 11 is 3.54. The maximum Gasteiger partial charge on any atom is 0.0963 e. The van der Waals surface area contributed by atoms with E-state index in [1.54, 1.807) is 22.7 Å². The Morgan fingerprint density at radius 3 is 1.62 bits per heavy atom. The third-order valence-electron chi connectivity index (χ3n) is 3.21. The molecule has 26 heavy (non-hydrogen) atoms. The lowest BCUT2D eigenvalue weighted by Gasteiger charge is -1.94. The van der Waals surface area contributed by atoms with Gasteiger partial charge in [0.2, 0.25) is 0 Å². The smallest absolute Gasteiger partial charge is 0.0963 e. The molecule has 2 heterocycles. The molecule has 0 N–H and O–H groups in total. The number of rotatable bonds is 1. The van der Waals surface area contributed by atoms with Crippen LogP contribution in [0.5, 0.6) is 0 Å². The van der Waals surface area contributed by atoms with Crippen LogP contribution >= 0.6 is 22.7 Å². The third-order valence-corrected chi connectivity index (χ3v) is 5.49. The summed E-state index contributed by atoms with van der Waals surface area (Å²) in [6, 6.07) is 16.5. The van der Waals surface area contributed by atoms with E-state index in [9.17, 15) is 0 Å². The zero-order valence-corrected chi connectivity index (χ0v) is 18.1. The van der Waals surface area contributed by atoms with Crippen molar-refractivity contribution in [2.75, 3.05) is 0 Å². The molecule has 2 aromatic heterocycles. The molecule has 0 amide bonds. The number of para-hydroxylation sites is 2. The Hall–Kier alpha value is -1.78. The van der Waals surface area contributed by atoms with E-state index in [4.69, 9.17) is 0 Å². The zero-order valence-electron chi connectivity index (χ0n) is 16.5. The lowest BCUT2D eigenvalue weighted by Crippen LogP contribution is -1.82. The van der Waals surface area contributed by atoms with Gasteiger partial charge in [0.05, 0.1) is 30.4 Å². The Bertz CT molecular complexity index is 867. The Labute approximate surface area is 165 Å². The Balaban J connectivity index is 0.000000158. The van der Waals surface area contributed by atoms with Gasteiger partial charge in [0.25, 0.3) is 0 Å². The fraction of sp³-hybridized carbons (Fsp3) is 0.364. The highest BCUT2D eigenvalue weighted by atomic mass is 32.1. The first-order chi connectivity index (χ1) is 12.4. The summed E-state index contributed by atoms with van der Waals surface area (Å²) < 4.78 is 2.57. The van der Waals surface area contributed by atoms with Crippen LogP contribution in [0.4, 0.5) is 0 Å². The van der Waals surface area contributed by atoms with Gasteiger partial charge in [-0.25, -0.2) is 9.97 Å². The van der Waals surface area contributed by atoms with Crippen LogP contribution in [0.15, 0.2) is 48.5 Å². The van der Waals surface area contributed by atoms with Crippen LogP contribution in [0.2, 0.25) is 0 Å². The van der Waals surface area contributed by atoms with E-state index in [1.165, 1.54) is 14.4 Å². The van der Waals surface area contributed by atoms with Gasteiger partial charge in [-0.05, 0) is 37.1 Å². The van der Waals surface area contributed by atoms with Crippen LogP contribution in [0.25, 0.3) is 20.4 Å². The summed E-state index contributed by atoms with van der Waals surface area (Å²) in [6.45, 7) is 12.9. The minimum absolute atomic E-state index is 0.544. The highest BCUT2D eigenvalue weighted by Crippen LogP contribution is 2.26. The van der Waals surface area contributed by atoms with Crippen molar-refractivity contribution in [2.45, 2.75) is 47.5 Å². The van der Waals surface area contributed by atoms with Gasteiger partial charge >= 0.3 is 0 Å². The molecule has 0 aliphatic heterocycles. The molecule has 0 fully saturated rings. The predicted molar refractivity (Wildman–Crippen MR) is 119 cm³/mol. The second kappa shape index (κ2) is 9.79. The molecule has 2 aromatic carbocycles. The topological polar surface area (TPSA) is 25.8 Å². The molecule has 0 atom stereocenters. The highest BCUT2D eigenvalue weighted by molar-refractivity contribution is 7.18. The quantitative estimate of drug-likeness (QED) is 0.336. The fourth-order valence-electron chi connectivity index (χ4n) is 2.12. The number of benzene rings is 2. The summed E-state index contributed by atoms with van der Waals surface area (Å²) in [5, 5.41) is 2.37.